The largest absolute Gasteiger partial charge is 0.482 e. The van der Waals surface area contributed by atoms with Gasteiger partial charge in [0.1, 0.15) is 23.9 Å². The first-order valence-corrected chi connectivity index (χ1v) is 16.2. The minimum absolute atomic E-state index is 0.106. The van der Waals surface area contributed by atoms with E-state index < -0.39 is 17.1 Å². The summed E-state index contributed by atoms with van der Waals surface area (Å²) in [6.07, 6.45) is 0.967. The Hall–Kier alpha value is -5.68. The van der Waals surface area contributed by atoms with Crippen molar-refractivity contribution < 1.29 is 29.0 Å². The number of aliphatic hydroxyl groups is 2. The third-order valence-electron chi connectivity index (χ3n) is 8.45. The van der Waals surface area contributed by atoms with Crippen LogP contribution in [0.15, 0.2) is 134 Å². The van der Waals surface area contributed by atoms with Gasteiger partial charge in [-0.15, -0.1) is 0 Å². The fraction of sp³-hybridized carbons (Fsp3) is 0.175. The van der Waals surface area contributed by atoms with Crippen LogP contribution in [0, 0.1) is 15.9 Å². The molecule has 0 aliphatic carbocycles. The van der Waals surface area contributed by atoms with Crippen LogP contribution in [0.2, 0.25) is 0 Å². The monoisotopic (exact) mass is 673 g/mol. The van der Waals surface area contributed by atoms with E-state index >= 15 is 0 Å². The molecular weight excluding hydrogens is 637 g/mol. The Balaban J connectivity index is 1.18. The van der Waals surface area contributed by atoms with E-state index in [-0.39, 0.29) is 37.0 Å². The minimum atomic E-state index is -1.09. The lowest BCUT2D eigenvalue weighted by atomic mass is 10.0. The summed E-state index contributed by atoms with van der Waals surface area (Å²) in [6, 6.07) is 36.6. The van der Waals surface area contributed by atoms with Crippen LogP contribution in [0.4, 0.5) is 10.1 Å². The average molecular weight is 674 g/mol. The van der Waals surface area contributed by atoms with Crippen LogP contribution in [0.1, 0.15) is 28.4 Å². The number of nitrogens with zero attached hydrogens (tertiary/aromatic N) is 3. The fourth-order valence-corrected chi connectivity index (χ4v) is 5.81. The molecule has 0 radical (unpaired) electrons. The maximum absolute atomic E-state index is 13.9. The number of hydrogen-bond donors (Lipinski definition) is 2. The summed E-state index contributed by atoms with van der Waals surface area (Å²) in [6.45, 7) is 0.504. The maximum Gasteiger partial charge on any atom is 0.311 e. The third-order valence-corrected chi connectivity index (χ3v) is 8.45. The summed E-state index contributed by atoms with van der Waals surface area (Å²) in [5, 5.41) is 34.6. The van der Waals surface area contributed by atoms with Gasteiger partial charge in [-0.3, -0.25) is 20.0 Å². The van der Waals surface area contributed by atoms with Gasteiger partial charge in [-0.2, -0.15) is 0 Å². The molecule has 1 heterocycles. The van der Waals surface area contributed by atoms with Crippen molar-refractivity contribution in [3.63, 3.8) is 0 Å². The number of aromatic nitrogens is 1. The molecule has 0 aliphatic rings. The van der Waals surface area contributed by atoms with E-state index in [0.29, 0.717) is 40.9 Å². The van der Waals surface area contributed by atoms with E-state index in [1.165, 1.54) is 24.3 Å². The van der Waals surface area contributed by atoms with Crippen molar-refractivity contribution >= 4 is 16.6 Å². The predicted molar refractivity (Wildman–Crippen MR) is 188 cm³/mol. The number of nitro benzene ring substituents is 1. The SMILES string of the molecule is O=[N+]([O-])c1cc([C@H](O)CN(Cc2ccccc2)[C@H](CO)Cc2ccc(Oc3ccnc4ccc(F)cc34)cc2)ccc1OCc1ccccc1. The van der Waals surface area contributed by atoms with Gasteiger partial charge >= 0.3 is 5.69 Å². The molecule has 0 saturated heterocycles. The number of aliphatic hydroxyl groups excluding tert-OH is 2. The zero-order valence-corrected chi connectivity index (χ0v) is 27.1. The molecule has 6 aromatic rings. The van der Waals surface area contributed by atoms with Gasteiger partial charge in [-0.05, 0) is 71.1 Å². The number of pyridine rings is 1. The molecule has 5 aromatic carbocycles. The van der Waals surface area contributed by atoms with Crippen LogP contribution in [-0.4, -0.2) is 44.2 Å². The molecule has 50 heavy (non-hydrogen) atoms. The molecule has 0 saturated carbocycles. The maximum atomic E-state index is 13.9. The second kappa shape index (κ2) is 16.1. The van der Waals surface area contributed by atoms with Crippen LogP contribution < -0.4 is 9.47 Å². The van der Waals surface area contributed by atoms with Crippen LogP contribution >= 0.6 is 0 Å². The molecule has 10 heteroatoms. The molecule has 0 unspecified atom stereocenters. The molecule has 6 rings (SSSR count). The van der Waals surface area contributed by atoms with Gasteiger partial charge in [0.25, 0.3) is 0 Å². The van der Waals surface area contributed by atoms with Gasteiger partial charge in [-0.1, -0.05) is 78.9 Å². The van der Waals surface area contributed by atoms with Crippen molar-refractivity contribution in [1.29, 1.82) is 0 Å². The highest BCUT2D eigenvalue weighted by molar-refractivity contribution is 5.85. The molecule has 2 atom stereocenters. The second-order valence-corrected chi connectivity index (χ2v) is 11.9. The molecule has 0 spiro atoms. The zero-order chi connectivity index (χ0) is 34.9. The van der Waals surface area contributed by atoms with E-state index in [0.717, 1.165) is 16.7 Å². The quantitative estimate of drug-likeness (QED) is 0.0838. The normalized spacial score (nSPS) is 12.5. The van der Waals surface area contributed by atoms with E-state index in [1.807, 2.05) is 89.8 Å². The molecule has 2 N–H and O–H groups in total. The lowest BCUT2D eigenvalue weighted by Crippen LogP contribution is -2.41. The minimum Gasteiger partial charge on any atom is -0.482 e. The van der Waals surface area contributed by atoms with E-state index in [2.05, 4.69) is 4.98 Å². The lowest BCUT2D eigenvalue weighted by molar-refractivity contribution is -0.386. The Labute approximate surface area is 289 Å². The molecule has 1 aromatic heterocycles. The number of halogens is 1. The predicted octanol–water partition coefficient (Wildman–Crippen LogP) is 7.79. The zero-order valence-electron chi connectivity index (χ0n) is 27.1. The number of hydrogen-bond acceptors (Lipinski definition) is 8. The van der Waals surface area contributed by atoms with Crippen LogP contribution in [-0.2, 0) is 19.6 Å². The lowest BCUT2D eigenvalue weighted by Gasteiger charge is -2.32. The van der Waals surface area contributed by atoms with Crippen molar-refractivity contribution in [2.45, 2.75) is 31.7 Å². The summed E-state index contributed by atoms with van der Waals surface area (Å²) < 4.78 is 25.8. The summed E-state index contributed by atoms with van der Waals surface area (Å²) in [5.74, 6) is 0.768. The van der Waals surface area contributed by atoms with Crippen LogP contribution in [0.3, 0.4) is 0 Å². The number of nitro groups is 1. The number of ether oxygens (including phenoxy) is 2. The first kappa shape index (κ1) is 34.2. The smallest absolute Gasteiger partial charge is 0.311 e. The highest BCUT2D eigenvalue weighted by Gasteiger charge is 2.25. The molecule has 0 amide bonds. The summed E-state index contributed by atoms with van der Waals surface area (Å²) >= 11 is 0. The molecule has 9 nitrogen and oxygen atoms in total. The molecule has 0 fully saturated rings. The Kier molecular flexibility index (Phi) is 11.0. The van der Waals surface area contributed by atoms with Gasteiger partial charge < -0.3 is 19.7 Å². The van der Waals surface area contributed by atoms with Crippen molar-refractivity contribution in [3.05, 3.63) is 172 Å². The van der Waals surface area contributed by atoms with Crippen molar-refractivity contribution in [2.75, 3.05) is 13.2 Å². The molecule has 0 bridgehead atoms. The summed E-state index contributed by atoms with van der Waals surface area (Å²) in [7, 11) is 0. The van der Waals surface area contributed by atoms with Gasteiger partial charge in [0.2, 0.25) is 0 Å². The number of fused-ring (bicyclic) bond motifs is 1. The summed E-state index contributed by atoms with van der Waals surface area (Å²) in [5.41, 5.74) is 3.53. The highest BCUT2D eigenvalue weighted by Crippen LogP contribution is 2.33. The molecule has 0 aliphatic heterocycles. The average Bonchev–Trinajstić information content (AvgIpc) is 3.14. The van der Waals surface area contributed by atoms with Gasteiger partial charge in [0.15, 0.2) is 5.75 Å². The second-order valence-electron chi connectivity index (χ2n) is 11.9. The first-order valence-electron chi connectivity index (χ1n) is 16.2. The first-order chi connectivity index (χ1) is 24.4. The Morgan fingerprint density at radius 2 is 1.54 bits per heavy atom. The van der Waals surface area contributed by atoms with Gasteiger partial charge in [-0.25, -0.2) is 4.39 Å². The highest BCUT2D eigenvalue weighted by atomic mass is 19.1. The van der Waals surface area contributed by atoms with Gasteiger partial charge in [0, 0.05) is 36.8 Å². The van der Waals surface area contributed by atoms with E-state index in [4.69, 9.17) is 9.47 Å². The Morgan fingerprint density at radius 1 is 0.820 bits per heavy atom. The Morgan fingerprint density at radius 3 is 2.24 bits per heavy atom. The topological polar surface area (TPSA) is 118 Å². The van der Waals surface area contributed by atoms with E-state index in [9.17, 15) is 24.7 Å². The summed E-state index contributed by atoms with van der Waals surface area (Å²) in [4.78, 5) is 17.7. The third kappa shape index (κ3) is 8.66. The van der Waals surface area contributed by atoms with Crippen LogP contribution in [0.25, 0.3) is 10.9 Å². The standard InChI is InChI=1S/C40H36FN3O6/c41-32-14-17-36-35(23-32)39(19-20-42-36)50-34-15-11-28(12-16-34)21-33(26-45)43(24-29-7-3-1-4-8-29)25-38(46)31-13-18-40(37(22-31)44(47)48)49-27-30-9-5-2-6-10-30/h1-20,22-23,33,38,45-46H,21,24-27H2/t33-,38+/m0/s1. The number of benzene rings is 5. The van der Waals surface area contributed by atoms with E-state index in [1.54, 1.807) is 24.4 Å². The molecule has 254 valence electrons. The number of rotatable bonds is 15. The van der Waals surface area contributed by atoms with Crippen molar-refractivity contribution in [2.24, 2.45) is 0 Å². The fourth-order valence-electron chi connectivity index (χ4n) is 5.81. The van der Waals surface area contributed by atoms with Gasteiger partial charge in [0.05, 0.1) is 23.2 Å². The Bertz CT molecular complexity index is 2030. The molecular formula is C40H36FN3O6. The van der Waals surface area contributed by atoms with Crippen LogP contribution in [0.5, 0.6) is 17.2 Å². The van der Waals surface area contributed by atoms with Crippen molar-refractivity contribution in [3.8, 4) is 17.2 Å². The van der Waals surface area contributed by atoms with Crippen molar-refractivity contribution in [1.82, 2.24) is 9.88 Å².